The minimum atomic E-state index is -0.489. The average Bonchev–Trinajstić information content (AvgIpc) is 3.33. The predicted molar refractivity (Wildman–Crippen MR) is 87.1 cm³/mol. The smallest absolute Gasteiger partial charge is 0.230 e. The normalized spacial score (nSPS) is 18.4. The van der Waals surface area contributed by atoms with Gasteiger partial charge in [-0.05, 0) is 42.9 Å². The Morgan fingerprint density at radius 2 is 2.14 bits per heavy atom. The molecular weight excluding hydrogens is 278 g/mol. The highest BCUT2D eigenvalue weighted by atomic mass is 16.5. The molecule has 1 aromatic rings. The highest BCUT2D eigenvalue weighted by Crippen LogP contribution is 2.49. The molecule has 0 bridgehead atoms. The summed E-state index contributed by atoms with van der Waals surface area (Å²) < 4.78 is 5.36. The van der Waals surface area contributed by atoms with Crippen LogP contribution in [0.3, 0.4) is 0 Å². The standard InChI is InChI=1S/C18H27NO3/c1-5-12(2)15(20)11-19-17(21)18(8-9-18)14-7-6-13(3)16(10-14)22-4/h6-7,10,12,15,20H,5,8-9,11H2,1-4H3,(H,19,21). The summed E-state index contributed by atoms with van der Waals surface area (Å²) in [4.78, 5) is 12.6. The van der Waals surface area contributed by atoms with Gasteiger partial charge in [-0.2, -0.15) is 0 Å². The van der Waals surface area contributed by atoms with Crippen LogP contribution < -0.4 is 10.1 Å². The maximum absolute atomic E-state index is 12.6. The summed E-state index contributed by atoms with van der Waals surface area (Å²) in [5, 5.41) is 12.9. The molecule has 0 spiro atoms. The van der Waals surface area contributed by atoms with Gasteiger partial charge >= 0.3 is 0 Å². The number of aryl methyl sites for hydroxylation is 1. The Labute approximate surface area is 132 Å². The largest absolute Gasteiger partial charge is 0.496 e. The van der Waals surface area contributed by atoms with Gasteiger partial charge in [-0.15, -0.1) is 0 Å². The van der Waals surface area contributed by atoms with Crippen molar-refractivity contribution in [1.82, 2.24) is 5.32 Å². The van der Waals surface area contributed by atoms with Gasteiger partial charge in [0.1, 0.15) is 5.75 Å². The topological polar surface area (TPSA) is 58.6 Å². The van der Waals surface area contributed by atoms with Crippen molar-refractivity contribution in [3.8, 4) is 5.75 Å². The van der Waals surface area contributed by atoms with E-state index >= 15 is 0 Å². The molecule has 1 saturated carbocycles. The fourth-order valence-electron chi connectivity index (χ4n) is 2.73. The van der Waals surface area contributed by atoms with Crippen LogP contribution in [0.25, 0.3) is 0 Å². The zero-order valence-electron chi connectivity index (χ0n) is 14.0. The molecular formula is C18H27NO3. The summed E-state index contributed by atoms with van der Waals surface area (Å²) in [6.07, 6.45) is 2.11. The summed E-state index contributed by atoms with van der Waals surface area (Å²) in [6, 6.07) is 5.97. The number of ether oxygens (including phenoxy) is 1. The van der Waals surface area contributed by atoms with Crippen LogP contribution in [0, 0.1) is 12.8 Å². The third-order valence-corrected chi connectivity index (χ3v) is 4.92. The molecule has 4 heteroatoms. The molecule has 1 aliphatic rings. The highest BCUT2D eigenvalue weighted by molar-refractivity contribution is 5.91. The molecule has 0 saturated heterocycles. The zero-order chi connectivity index (χ0) is 16.3. The van der Waals surface area contributed by atoms with Crippen molar-refractivity contribution in [2.75, 3.05) is 13.7 Å². The van der Waals surface area contributed by atoms with Crippen LogP contribution in [0.1, 0.15) is 44.2 Å². The van der Waals surface area contributed by atoms with Gasteiger partial charge in [0.05, 0.1) is 18.6 Å². The van der Waals surface area contributed by atoms with Gasteiger partial charge in [-0.3, -0.25) is 4.79 Å². The van der Waals surface area contributed by atoms with E-state index in [-0.39, 0.29) is 11.8 Å². The maximum atomic E-state index is 12.6. The summed E-state index contributed by atoms with van der Waals surface area (Å²) >= 11 is 0. The number of carbonyl (C=O) groups is 1. The van der Waals surface area contributed by atoms with E-state index in [1.807, 2.05) is 39.0 Å². The van der Waals surface area contributed by atoms with Crippen LogP contribution in [-0.2, 0) is 10.2 Å². The van der Waals surface area contributed by atoms with E-state index in [4.69, 9.17) is 4.74 Å². The van der Waals surface area contributed by atoms with Gasteiger partial charge in [0.25, 0.3) is 0 Å². The molecule has 0 heterocycles. The quantitative estimate of drug-likeness (QED) is 0.814. The van der Waals surface area contributed by atoms with E-state index in [9.17, 15) is 9.90 Å². The van der Waals surface area contributed by atoms with Crippen molar-refractivity contribution in [2.45, 2.75) is 51.6 Å². The fraction of sp³-hybridized carbons (Fsp3) is 0.611. The second-order valence-corrected chi connectivity index (χ2v) is 6.43. The van der Waals surface area contributed by atoms with Crippen molar-refractivity contribution in [2.24, 2.45) is 5.92 Å². The molecule has 2 atom stereocenters. The molecule has 0 aromatic heterocycles. The van der Waals surface area contributed by atoms with Gasteiger partial charge in [0.2, 0.25) is 5.91 Å². The molecule has 1 fully saturated rings. The molecule has 22 heavy (non-hydrogen) atoms. The van der Waals surface area contributed by atoms with Crippen LogP contribution in [0.15, 0.2) is 18.2 Å². The molecule has 2 rings (SSSR count). The van der Waals surface area contributed by atoms with Crippen LogP contribution in [0.5, 0.6) is 5.75 Å². The second-order valence-electron chi connectivity index (χ2n) is 6.43. The van der Waals surface area contributed by atoms with E-state index in [1.54, 1.807) is 7.11 Å². The van der Waals surface area contributed by atoms with Gasteiger partial charge in [-0.1, -0.05) is 32.4 Å². The van der Waals surface area contributed by atoms with Crippen molar-refractivity contribution >= 4 is 5.91 Å². The molecule has 2 N–H and O–H groups in total. The number of aliphatic hydroxyl groups excluding tert-OH is 1. The molecule has 1 amide bonds. The third kappa shape index (κ3) is 3.27. The fourth-order valence-corrected chi connectivity index (χ4v) is 2.73. The molecule has 2 unspecified atom stereocenters. The SMILES string of the molecule is CCC(C)C(O)CNC(=O)C1(c2ccc(C)c(OC)c2)CC1. The highest BCUT2D eigenvalue weighted by Gasteiger charge is 2.51. The first kappa shape index (κ1) is 16.8. The van der Waals surface area contributed by atoms with Crippen molar-refractivity contribution < 1.29 is 14.6 Å². The Morgan fingerprint density at radius 3 is 2.68 bits per heavy atom. The summed E-state index contributed by atoms with van der Waals surface area (Å²) in [6.45, 7) is 6.34. The molecule has 1 aromatic carbocycles. The number of carbonyl (C=O) groups excluding carboxylic acids is 1. The van der Waals surface area contributed by atoms with Gasteiger partial charge in [0, 0.05) is 6.54 Å². The van der Waals surface area contributed by atoms with Crippen molar-refractivity contribution in [3.05, 3.63) is 29.3 Å². The first-order valence-corrected chi connectivity index (χ1v) is 8.06. The second kappa shape index (κ2) is 6.69. The first-order valence-electron chi connectivity index (χ1n) is 8.06. The monoisotopic (exact) mass is 305 g/mol. The number of hydrogen-bond donors (Lipinski definition) is 2. The summed E-state index contributed by atoms with van der Waals surface area (Å²) in [5.41, 5.74) is 1.64. The van der Waals surface area contributed by atoms with E-state index in [0.717, 1.165) is 36.1 Å². The Kier molecular flexibility index (Phi) is 5.12. The van der Waals surface area contributed by atoms with Gasteiger partial charge in [-0.25, -0.2) is 0 Å². The van der Waals surface area contributed by atoms with Crippen LogP contribution in [-0.4, -0.2) is 30.8 Å². The lowest BCUT2D eigenvalue weighted by molar-refractivity contribution is -0.124. The first-order chi connectivity index (χ1) is 10.4. The van der Waals surface area contributed by atoms with E-state index in [1.165, 1.54) is 0 Å². The third-order valence-electron chi connectivity index (χ3n) is 4.92. The van der Waals surface area contributed by atoms with Crippen LogP contribution in [0.4, 0.5) is 0 Å². The minimum Gasteiger partial charge on any atom is -0.496 e. The Hall–Kier alpha value is -1.55. The summed E-state index contributed by atoms with van der Waals surface area (Å²) in [7, 11) is 1.65. The van der Waals surface area contributed by atoms with Gasteiger partial charge in [0.15, 0.2) is 0 Å². The summed E-state index contributed by atoms with van der Waals surface area (Å²) in [5.74, 6) is 1.02. The van der Waals surface area contributed by atoms with Crippen molar-refractivity contribution in [3.63, 3.8) is 0 Å². The molecule has 0 radical (unpaired) electrons. The number of methoxy groups -OCH3 is 1. The lowest BCUT2D eigenvalue weighted by Gasteiger charge is -2.21. The molecule has 4 nitrogen and oxygen atoms in total. The minimum absolute atomic E-state index is 0.0146. The number of aliphatic hydroxyl groups is 1. The van der Waals surface area contributed by atoms with Crippen molar-refractivity contribution in [1.29, 1.82) is 0 Å². The predicted octanol–water partition coefficient (Wildman–Crippen LogP) is 2.56. The van der Waals surface area contributed by atoms with Gasteiger partial charge < -0.3 is 15.2 Å². The number of amides is 1. The van der Waals surface area contributed by atoms with Crippen LogP contribution in [0.2, 0.25) is 0 Å². The molecule has 122 valence electrons. The lowest BCUT2D eigenvalue weighted by atomic mass is 9.93. The van der Waals surface area contributed by atoms with Crippen LogP contribution >= 0.6 is 0 Å². The number of benzene rings is 1. The van der Waals surface area contributed by atoms with E-state index < -0.39 is 11.5 Å². The lowest BCUT2D eigenvalue weighted by Crippen LogP contribution is -2.41. The molecule has 0 aliphatic heterocycles. The van der Waals surface area contributed by atoms with E-state index in [2.05, 4.69) is 5.32 Å². The average molecular weight is 305 g/mol. The number of nitrogens with one attached hydrogen (secondary N) is 1. The number of hydrogen-bond acceptors (Lipinski definition) is 3. The Bertz CT molecular complexity index is 537. The zero-order valence-corrected chi connectivity index (χ0v) is 14.0. The number of rotatable bonds is 7. The Balaban J connectivity index is 2.06. The molecule has 1 aliphatic carbocycles. The Morgan fingerprint density at radius 1 is 1.45 bits per heavy atom. The maximum Gasteiger partial charge on any atom is 0.230 e. The van der Waals surface area contributed by atoms with E-state index in [0.29, 0.717) is 6.54 Å².